The average molecular weight is 297 g/mol. The molecule has 1 rings (SSSR count). The zero-order chi connectivity index (χ0) is 15.2. The third-order valence-electron chi connectivity index (χ3n) is 2.27. The molecular formula is C13H19N3O3S. The van der Waals surface area contributed by atoms with Gasteiger partial charge in [-0.15, -0.1) is 0 Å². The number of aromatic nitrogens is 1. The van der Waals surface area contributed by atoms with Crippen LogP contribution in [0.3, 0.4) is 0 Å². The molecule has 0 unspecified atom stereocenters. The second-order valence-corrected chi connectivity index (χ2v) is 6.52. The fourth-order valence-electron chi connectivity index (χ4n) is 1.60. The van der Waals surface area contributed by atoms with Gasteiger partial charge in [-0.3, -0.25) is 4.98 Å². The number of nitrogens with two attached hydrogens (primary N) is 1. The Morgan fingerprint density at radius 1 is 1.45 bits per heavy atom. The summed E-state index contributed by atoms with van der Waals surface area (Å²) in [4.78, 5) is 3.95. The van der Waals surface area contributed by atoms with Crippen LogP contribution in [0.1, 0.15) is 19.4 Å². The molecule has 0 aliphatic heterocycles. The van der Waals surface area contributed by atoms with Crippen molar-refractivity contribution in [1.29, 1.82) is 0 Å². The molecule has 0 spiro atoms. The average Bonchev–Trinajstić information content (AvgIpc) is 2.35. The lowest BCUT2D eigenvalue weighted by Crippen LogP contribution is -2.46. The lowest BCUT2D eigenvalue weighted by atomic mass is 10.1. The molecule has 0 saturated carbocycles. The quantitative estimate of drug-likeness (QED) is 0.751. The minimum atomic E-state index is -3.68. The third-order valence-corrected chi connectivity index (χ3v) is 3.94. The summed E-state index contributed by atoms with van der Waals surface area (Å²) in [5.74, 6) is 5.40. The van der Waals surface area contributed by atoms with E-state index in [0.29, 0.717) is 5.56 Å². The zero-order valence-electron chi connectivity index (χ0n) is 11.8. The molecule has 0 fully saturated rings. The summed E-state index contributed by atoms with van der Waals surface area (Å²) in [5.41, 5.74) is 5.07. The predicted molar refractivity (Wildman–Crippen MR) is 76.4 cm³/mol. The molecular weight excluding hydrogens is 278 g/mol. The van der Waals surface area contributed by atoms with Crippen LogP contribution in [0.2, 0.25) is 0 Å². The van der Waals surface area contributed by atoms with Crippen molar-refractivity contribution in [2.75, 3.05) is 20.3 Å². The molecule has 0 saturated heterocycles. The van der Waals surface area contributed by atoms with Gasteiger partial charge in [0.1, 0.15) is 4.90 Å². The van der Waals surface area contributed by atoms with Crippen molar-refractivity contribution in [2.24, 2.45) is 5.73 Å². The number of methoxy groups -OCH3 is 1. The first-order valence-electron chi connectivity index (χ1n) is 5.97. The number of sulfonamides is 1. The summed E-state index contributed by atoms with van der Waals surface area (Å²) in [7, 11) is -2.16. The SMILES string of the molecule is COCC(C)(C)NS(=O)(=O)c1cncc(C#CCN)c1. The minimum Gasteiger partial charge on any atom is -0.383 e. The highest BCUT2D eigenvalue weighted by Gasteiger charge is 2.26. The molecule has 110 valence electrons. The topological polar surface area (TPSA) is 94.3 Å². The molecule has 0 aromatic carbocycles. The summed E-state index contributed by atoms with van der Waals surface area (Å²) in [5, 5.41) is 0. The maximum atomic E-state index is 12.3. The fraction of sp³-hybridized carbons (Fsp3) is 0.462. The minimum absolute atomic E-state index is 0.0606. The number of nitrogens with zero attached hydrogens (tertiary/aromatic N) is 1. The number of nitrogens with one attached hydrogen (secondary N) is 1. The van der Waals surface area contributed by atoms with Crippen molar-refractivity contribution in [3.63, 3.8) is 0 Å². The van der Waals surface area contributed by atoms with Crippen LogP contribution in [0, 0.1) is 11.8 Å². The van der Waals surface area contributed by atoms with Crippen LogP contribution >= 0.6 is 0 Å². The van der Waals surface area contributed by atoms with Crippen molar-refractivity contribution in [3.8, 4) is 11.8 Å². The number of ether oxygens (including phenoxy) is 1. The zero-order valence-corrected chi connectivity index (χ0v) is 12.6. The number of hydrogen-bond donors (Lipinski definition) is 2. The van der Waals surface area contributed by atoms with Gasteiger partial charge < -0.3 is 10.5 Å². The maximum absolute atomic E-state index is 12.3. The predicted octanol–water partition coefficient (Wildman–Crippen LogP) is 0.0951. The number of hydrogen-bond acceptors (Lipinski definition) is 5. The van der Waals surface area contributed by atoms with Gasteiger partial charge in [0.15, 0.2) is 0 Å². The van der Waals surface area contributed by atoms with E-state index in [1.165, 1.54) is 25.6 Å². The van der Waals surface area contributed by atoms with Gasteiger partial charge in [-0.25, -0.2) is 13.1 Å². The lowest BCUT2D eigenvalue weighted by Gasteiger charge is -2.24. The van der Waals surface area contributed by atoms with Crippen molar-refractivity contribution >= 4 is 10.0 Å². The van der Waals surface area contributed by atoms with Crippen LogP contribution in [0.15, 0.2) is 23.4 Å². The largest absolute Gasteiger partial charge is 0.383 e. The molecule has 0 amide bonds. The van der Waals surface area contributed by atoms with E-state index >= 15 is 0 Å². The second-order valence-electron chi connectivity index (χ2n) is 4.84. The first-order valence-corrected chi connectivity index (χ1v) is 7.46. The Morgan fingerprint density at radius 2 is 2.15 bits per heavy atom. The summed E-state index contributed by atoms with van der Waals surface area (Å²) in [6, 6.07) is 1.46. The summed E-state index contributed by atoms with van der Waals surface area (Å²) >= 11 is 0. The molecule has 0 aliphatic rings. The van der Waals surface area contributed by atoms with Gasteiger partial charge in [0.25, 0.3) is 0 Å². The van der Waals surface area contributed by atoms with Crippen molar-refractivity contribution in [2.45, 2.75) is 24.3 Å². The van der Waals surface area contributed by atoms with Gasteiger partial charge in [0.2, 0.25) is 10.0 Å². The van der Waals surface area contributed by atoms with Crippen molar-refractivity contribution < 1.29 is 13.2 Å². The van der Waals surface area contributed by atoms with Gasteiger partial charge in [0.05, 0.1) is 18.7 Å². The Labute approximate surface area is 119 Å². The second kappa shape index (κ2) is 6.81. The highest BCUT2D eigenvalue weighted by Crippen LogP contribution is 2.13. The lowest BCUT2D eigenvalue weighted by molar-refractivity contribution is 0.141. The van der Waals surface area contributed by atoms with E-state index in [1.54, 1.807) is 13.8 Å². The molecule has 3 N–H and O–H groups in total. The van der Waals surface area contributed by atoms with Crippen LogP contribution in [-0.2, 0) is 14.8 Å². The first kappa shape index (κ1) is 16.6. The van der Waals surface area contributed by atoms with E-state index in [-0.39, 0.29) is 18.0 Å². The Kier molecular flexibility index (Phi) is 5.65. The Morgan fingerprint density at radius 3 is 2.75 bits per heavy atom. The van der Waals surface area contributed by atoms with Crippen LogP contribution in [0.4, 0.5) is 0 Å². The summed E-state index contributed by atoms with van der Waals surface area (Å²) < 4.78 is 32.1. The van der Waals surface area contributed by atoms with Gasteiger partial charge >= 0.3 is 0 Å². The molecule has 1 heterocycles. The monoisotopic (exact) mass is 297 g/mol. The molecule has 0 radical (unpaired) electrons. The van der Waals surface area contributed by atoms with Crippen LogP contribution < -0.4 is 10.5 Å². The number of rotatable bonds is 5. The highest BCUT2D eigenvalue weighted by atomic mass is 32.2. The van der Waals surface area contributed by atoms with E-state index < -0.39 is 15.6 Å². The van der Waals surface area contributed by atoms with E-state index in [2.05, 4.69) is 21.5 Å². The summed E-state index contributed by atoms with van der Waals surface area (Å²) in [6.07, 6.45) is 2.76. The first-order chi connectivity index (χ1) is 9.30. The van der Waals surface area contributed by atoms with Crippen molar-refractivity contribution in [3.05, 3.63) is 24.0 Å². The normalized spacial score (nSPS) is 11.8. The molecule has 0 aliphatic carbocycles. The van der Waals surface area contributed by atoms with Crippen LogP contribution in [0.5, 0.6) is 0 Å². The molecule has 20 heavy (non-hydrogen) atoms. The summed E-state index contributed by atoms with van der Waals surface area (Å²) in [6.45, 7) is 3.93. The molecule has 1 aromatic heterocycles. The standard InChI is InChI=1S/C13H19N3O3S/c1-13(2,10-19-3)16-20(17,18)12-7-11(5-4-6-14)8-15-9-12/h7-9,16H,6,10,14H2,1-3H3. The smallest absolute Gasteiger partial charge is 0.242 e. The highest BCUT2D eigenvalue weighted by molar-refractivity contribution is 7.89. The molecule has 6 nitrogen and oxygen atoms in total. The van der Waals surface area contributed by atoms with E-state index in [1.807, 2.05) is 0 Å². The Hall–Kier alpha value is -1.46. The maximum Gasteiger partial charge on any atom is 0.242 e. The van der Waals surface area contributed by atoms with E-state index in [9.17, 15) is 8.42 Å². The molecule has 0 bridgehead atoms. The van der Waals surface area contributed by atoms with E-state index in [0.717, 1.165) is 0 Å². The van der Waals surface area contributed by atoms with Gasteiger partial charge in [-0.1, -0.05) is 11.8 Å². The molecule has 0 atom stereocenters. The van der Waals surface area contributed by atoms with Gasteiger partial charge in [-0.05, 0) is 19.9 Å². The van der Waals surface area contributed by atoms with E-state index in [4.69, 9.17) is 10.5 Å². The van der Waals surface area contributed by atoms with Gasteiger partial charge in [0, 0.05) is 25.1 Å². The molecule has 7 heteroatoms. The fourth-order valence-corrected chi connectivity index (χ4v) is 2.99. The number of pyridine rings is 1. The third kappa shape index (κ3) is 4.90. The van der Waals surface area contributed by atoms with Crippen molar-refractivity contribution in [1.82, 2.24) is 9.71 Å². The van der Waals surface area contributed by atoms with Gasteiger partial charge in [-0.2, -0.15) is 0 Å². The van der Waals surface area contributed by atoms with Crippen LogP contribution in [0.25, 0.3) is 0 Å². The Bertz CT molecular complexity index is 615. The van der Waals surface area contributed by atoms with Crippen LogP contribution in [-0.4, -0.2) is 39.2 Å². The molecule has 1 aromatic rings. The Balaban J connectivity index is 3.04.